The molecule has 1 rings (SSSR count). The second-order valence-corrected chi connectivity index (χ2v) is 1.43. The summed E-state index contributed by atoms with van der Waals surface area (Å²) < 4.78 is 0. The van der Waals surface area contributed by atoms with Crippen LogP contribution in [0.5, 0.6) is 0 Å². The van der Waals surface area contributed by atoms with Gasteiger partial charge < -0.3 is 9.90 Å². The van der Waals surface area contributed by atoms with E-state index >= 15 is 0 Å². The van der Waals surface area contributed by atoms with E-state index in [1.807, 2.05) is 6.79 Å². The molecule has 0 aliphatic heterocycles. The quantitative estimate of drug-likeness (QED) is 0.694. The SMILES string of the molecule is C=O.Cl.O=C(O)c1cncnc1. The van der Waals surface area contributed by atoms with Gasteiger partial charge in [-0.25, -0.2) is 14.8 Å². The van der Waals surface area contributed by atoms with Crippen LogP contribution in [0.2, 0.25) is 0 Å². The average Bonchev–Trinajstić information content (AvgIpc) is 2.10. The van der Waals surface area contributed by atoms with E-state index in [4.69, 9.17) is 9.90 Å². The van der Waals surface area contributed by atoms with Gasteiger partial charge in [0, 0.05) is 12.4 Å². The zero-order chi connectivity index (χ0) is 8.69. The lowest BCUT2D eigenvalue weighted by atomic mass is 10.4. The monoisotopic (exact) mass is 190 g/mol. The Morgan fingerprint density at radius 1 is 1.33 bits per heavy atom. The third kappa shape index (κ3) is 4.35. The summed E-state index contributed by atoms with van der Waals surface area (Å²) in [6.07, 6.45) is 3.77. The first-order valence-corrected chi connectivity index (χ1v) is 2.58. The second kappa shape index (κ2) is 7.62. The maximum Gasteiger partial charge on any atom is 0.338 e. The number of rotatable bonds is 1. The van der Waals surface area contributed by atoms with Crippen LogP contribution in [-0.2, 0) is 4.79 Å². The van der Waals surface area contributed by atoms with Gasteiger partial charge >= 0.3 is 5.97 Å². The molecular formula is C6H7ClN2O3. The van der Waals surface area contributed by atoms with Crippen molar-refractivity contribution in [2.45, 2.75) is 0 Å². The average molecular weight is 191 g/mol. The van der Waals surface area contributed by atoms with E-state index in [1.54, 1.807) is 0 Å². The fourth-order valence-electron chi connectivity index (χ4n) is 0.410. The highest BCUT2D eigenvalue weighted by molar-refractivity contribution is 5.86. The molecule has 0 aliphatic rings. The zero-order valence-electron chi connectivity index (χ0n) is 6.01. The number of aromatic nitrogens is 2. The molecule has 0 aliphatic carbocycles. The van der Waals surface area contributed by atoms with Gasteiger partial charge in [-0.05, 0) is 0 Å². The van der Waals surface area contributed by atoms with E-state index in [0.717, 1.165) is 0 Å². The number of carboxylic acid groups (broad SMARTS) is 1. The standard InChI is InChI=1S/C5H4N2O2.CH2O.ClH/c8-5(9)4-1-6-3-7-2-4;1-2;/h1-3H,(H,8,9);1H2;1H. The largest absolute Gasteiger partial charge is 0.478 e. The summed E-state index contributed by atoms with van der Waals surface area (Å²) in [5, 5.41) is 8.30. The van der Waals surface area contributed by atoms with Crippen molar-refractivity contribution in [1.82, 2.24) is 9.97 Å². The molecule has 1 aromatic rings. The first-order valence-electron chi connectivity index (χ1n) is 2.58. The Bertz CT molecular complexity index is 229. The van der Waals surface area contributed by atoms with E-state index < -0.39 is 5.97 Å². The van der Waals surface area contributed by atoms with Gasteiger partial charge in [0.25, 0.3) is 0 Å². The third-order valence-corrected chi connectivity index (χ3v) is 0.808. The summed E-state index contributed by atoms with van der Waals surface area (Å²) in [6, 6.07) is 0. The van der Waals surface area contributed by atoms with Crippen LogP contribution in [0.15, 0.2) is 18.7 Å². The van der Waals surface area contributed by atoms with Crippen molar-refractivity contribution < 1.29 is 14.7 Å². The highest BCUT2D eigenvalue weighted by atomic mass is 35.5. The molecule has 0 radical (unpaired) electrons. The van der Waals surface area contributed by atoms with Crippen LogP contribution < -0.4 is 0 Å². The van der Waals surface area contributed by atoms with Crippen LogP contribution in [0.25, 0.3) is 0 Å². The topological polar surface area (TPSA) is 80.2 Å². The highest BCUT2D eigenvalue weighted by Crippen LogP contribution is 1.89. The minimum Gasteiger partial charge on any atom is -0.478 e. The van der Waals surface area contributed by atoms with Gasteiger partial charge in [0.15, 0.2) is 0 Å². The van der Waals surface area contributed by atoms with Gasteiger partial charge in [-0.2, -0.15) is 0 Å². The second-order valence-electron chi connectivity index (χ2n) is 1.43. The van der Waals surface area contributed by atoms with Crippen LogP contribution in [0.4, 0.5) is 0 Å². The van der Waals surface area contributed by atoms with E-state index in [-0.39, 0.29) is 18.0 Å². The van der Waals surface area contributed by atoms with Gasteiger partial charge in [-0.15, -0.1) is 12.4 Å². The fraction of sp³-hybridized carbons (Fsp3) is 0. The first-order chi connectivity index (χ1) is 5.30. The highest BCUT2D eigenvalue weighted by Gasteiger charge is 1.98. The molecule has 0 amide bonds. The predicted molar refractivity (Wildman–Crippen MR) is 43.4 cm³/mol. The zero-order valence-corrected chi connectivity index (χ0v) is 6.82. The van der Waals surface area contributed by atoms with Crippen LogP contribution in [0, 0.1) is 0 Å². The number of hydrogen-bond acceptors (Lipinski definition) is 4. The lowest BCUT2D eigenvalue weighted by Gasteiger charge is -1.86. The smallest absolute Gasteiger partial charge is 0.338 e. The Labute approximate surface area is 74.9 Å². The van der Waals surface area contributed by atoms with E-state index in [1.165, 1.54) is 18.7 Å². The molecule has 0 bridgehead atoms. The van der Waals surface area contributed by atoms with Gasteiger partial charge in [0.1, 0.15) is 13.1 Å². The maximum absolute atomic E-state index is 10.1. The molecule has 0 saturated carbocycles. The van der Waals surface area contributed by atoms with Crippen molar-refractivity contribution in [3.05, 3.63) is 24.3 Å². The van der Waals surface area contributed by atoms with Crippen molar-refractivity contribution in [2.75, 3.05) is 0 Å². The molecule has 0 spiro atoms. The molecule has 66 valence electrons. The minimum absolute atomic E-state index is 0. The number of nitrogens with zero attached hydrogens (tertiary/aromatic N) is 2. The minimum atomic E-state index is -1.00. The van der Waals surface area contributed by atoms with Gasteiger partial charge in [0.05, 0.1) is 5.56 Å². The van der Waals surface area contributed by atoms with Crippen LogP contribution >= 0.6 is 12.4 Å². The molecule has 0 unspecified atom stereocenters. The normalized spacial score (nSPS) is 7.00. The lowest BCUT2D eigenvalue weighted by Crippen LogP contribution is -1.96. The summed E-state index contributed by atoms with van der Waals surface area (Å²) >= 11 is 0. The van der Waals surface area contributed by atoms with Crippen molar-refractivity contribution in [3.8, 4) is 0 Å². The van der Waals surface area contributed by atoms with Gasteiger partial charge in [-0.1, -0.05) is 0 Å². The Hall–Kier alpha value is -1.49. The van der Waals surface area contributed by atoms with E-state index in [9.17, 15) is 4.79 Å². The van der Waals surface area contributed by atoms with Crippen molar-refractivity contribution in [2.24, 2.45) is 0 Å². The van der Waals surface area contributed by atoms with Crippen molar-refractivity contribution >= 4 is 25.2 Å². The number of halogens is 1. The molecule has 12 heavy (non-hydrogen) atoms. The van der Waals surface area contributed by atoms with Gasteiger partial charge in [-0.3, -0.25) is 0 Å². The Morgan fingerprint density at radius 3 is 2.00 bits per heavy atom. The lowest BCUT2D eigenvalue weighted by molar-refractivity contribution is -0.0980. The fourth-order valence-corrected chi connectivity index (χ4v) is 0.410. The molecule has 6 heteroatoms. The number of carboxylic acids is 1. The first kappa shape index (κ1) is 13.1. The van der Waals surface area contributed by atoms with Crippen LogP contribution in [0.1, 0.15) is 10.4 Å². The molecule has 1 N–H and O–H groups in total. The van der Waals surface area contributed by atoms with Crippen molar-refractivity contribution in [3.63, 3.8) is 0 Å². The van der Waals surface area contributed by atoms with Gasteiger partial charge in [0.2, 0.25) is 0 Å². The Balaban J connectivity index is 0. The third-order valence-electron chi connectivity index (χ3n) is 0.808. The summed E-state index contributed by atoms with van der Waals surface area (Å²) in [6.45, 7) is 2.00. The summed E-state index contributed by atoms with van der Waals surface area (Å²) in [4.78, 5) is 25.1. The molecule has 1 heterocycles. The Morgan fingerprint density at radius 2 is 1.75 bits per heavy atom. The Kier molecular flexibility index (Phi) is 8.33. The molecule has 0 saturated heterocycles. The molecule has 0 fully saturated rings. The molecule has 0 aromatic carbocycles. The van der Waals surface area contributed by atoms with Crippen LogP contribution in [0.3, 0.4) is 0 Å². The molecule has 0 atom stereocenters. The molecular weight excluding hydrogens is 184 g/mol. The predicted octanol–water partition coefficient (Wildman–Crippen LogP) is 0.412. The number of hydrogen-bond donors (Lipinski definition) is 1. The number of carbonyl (C=O) groups excluding carboxylic acids is 1. The maximum atomic E-state index is 10.1. The number of carbonyl (C=O) groups is 2. The number of aromatic carboxylic acids is 1. The van der Waals surface area contributed by atoms with E-state index in [2.05, 4.69) is 9.97 Å². The summed E-state index contributed by atoms with van der Waals surface area (Å²) in [7, 11) is 0. The summed E-state index contributed by atoms with van der Waals surface area (Å²) in [5.74, 6) is -1.00. The summed E-state index contributed by atoms with van der Waals surface area (Å²) in [5.41, 5.74) is 0.109. The van der Waals surface area contributed by atoms with E-state index in [0.29, 0.717) is 0 Å². The molecule has 1 aromatic heterocycles. The molecule has 5 nitrogen and oxygen atoms in total. The van der Waals surface area contributed by atoms with Crippen molar-refractivity contribution in [1.29, 1.82) is 0 Å². The van der Waals surface area contributed by atoms with Crippen LogP contribution in [-0.4, -0.2) is 27.8 Å².